The summed E-state index contributed by atoms with van der Waals surface area (Å²) in [4.78, 5) is 43.0. The quantitative estimate of drug-likeness (QED) is 0.627. The number of nitrogens with zero attached hydrogens (tertiary/aromatic N) is 1. The number of para-hydroxylation sites is 1. The van der Waals surface area contributed by atoms with E-state index in [-0.39, 0.29) is 17.9 Å². The zero-order valence-electron chi connectivity index (χ0n) is 15.0. The van der Waals surface area contributed by atoms with Gasteiger partial charge in [-0.2, -0.15) is 11.8 Å². The van der Waals surface area contributed by atoms with Crippen LogP contribution in [0.5, 0.6) is 0 Å². The maximum atomic E-state index is 12.2. The predicted molar refractivity (Wildman–Crippen MR) is 105 cm³/mol. The summed E-state index contributed by atoms with van der Waals surface area (Å²) in [7, 11) is 0. The number of carboxylic acids is 1. The Morgan fingerprint density at radius 2 is 1.96 bits per heavy atom. The zero-order chi connectivity index (χ0) is 19.3. The highest BCUT2D eigenvalue weighted by Crippen LogP contribution is 2.28. The van der Waals surface area contributed by atoms with Crippen LogP contribution in [-0.2, 0) is 15.3 Å². The minimum Gasteiger partial charge on any atom is -0.480 e. The minimum atomic E-state index is -1.11. The van der Waals surface area contributed by atoms with Crippen LogP contribution in [-0.4, -0.2) is 38.2 Å². The standard InChI is InChI=1S/C19H23N3O4S/c23-16(22-19(18(25)26)9-4-1-5-10-19)8-11-27-12-15-20-14-7-3-2-6-13(14)17(24)21-15/h2-3,6-7H,1,4-5,8-12H2,(H,22,23)(H,25,26)(H,20,21,24). The molecule has 0 atom stereocenters. The molecule has 1 aromatic carbocycles. The van der Waals surface area contributed by atoms with Crippen LogP contribution < -0.4 is 10.9 Å². The number of hydrogen-bond donors (Lipinski definition) is 3. The molecule has 1 aliphatic carbocycles. The molecular formula is C19H23N3O4S. The maximum Gasteiger partial charge on any atom is 0.329 e. The molecule has 1 aromatic heterocycles. The van der Waals surface area contributed by atoms with E-state index >= 15 is 0 Å². The number of aliphatic carboxylic acids is 1. The first-order valence-electron chi connectivity index (χ1n) is 9.10. The summed E-state index contributed by atoms with van der Waals surface area (Å²) in [5.41, 5.74) is -0.629. The molecule has 0 unspecified atom stereocenters. The van der Waals surface area contributed by atoms with Crippen LogP contribution in [0.15, 0.2) is 29.1 Å². The number of aromatic amines is 1. The molecule has 3 N–H and O–H groups in total. The number of carboxylic acid groups (broad SMARTS) is 1. The van der Waals surface area contributed by atoms with E-state index in [2.05, 4.69) is 15.3 Å². The molecule has 0 aliphatic heterocycles. The second-order valence-electron chi connectivity index (χ2n) is 6.83. The number of fused-ring (bicyclic) bond motifs is 1. The second kappa shape index (κ2) is 8.56. The number of amides is 1. The van der Waals surface area contributed by atoms with Gasteiger partial charge in [-0.1, -0.05) is 31.4 Å². The Hall–Kier alpha value is -2.35. The van der Waals surface area contributed by atoms with Crippen LogP contribution in [0, 0.1) is 0 Å². The van der Waals surface area contributed by atoms with Gasteiger partial charge in [0, 0.05) is 12.2 Å². The molecule has 1 heterocycles. The number of carbonyl (C=O) groups excluding carboxylic acids is 1. The fourth-order valence-electron chi connectivity index (χ4n) is 3.41. The van der Waals surface area contributed by atoms with Gasteiger partial charge in [0.25, 0.3) is 5.56 Å². The van der Waals surface area contributed by atoms with Crippen LogP contribution in [0.25, 0.3) is 10.9 Å². The van der Waals surface area contributed by atoms with Crippen LogP contribution >= 0.6 is 11.8 Å². The Balaban J connectivity index is 1.50. The molecule has 27 heavy (non-hydrogen) atoms. The Labute approximate surface area is 161 Å². The van der Waals surface area contributed by atoms with Gasteiger partial charge in [-0.3, -0.25) is 9.59 Å². The number of rotatable bonds is 7. The van der Waals surface area contributed by atoms with E-state index in [4.69, 9.17) is 0 Å². The third kappa shape index (κ3) is 4.68. The highest BCUT2D eigenvalue weighted by molar-refractivity contribution is 7.98. The smallest absolute Gasteiger partial charge is 0.329 e. The summed E-state index contributed by atoms with van der Waals surface area (Å²) in [6.07, 6.45) is 3.87. The van der Waals surface area contributed by atoms with Gasteiger partial charge in [-0.15, -0.1) is 0 Å². The number of H-pyrrole nitrogens is 1. The number of thioether (sulfide) groups is 1. The Morgan fingerprint density at radius 1 is 1.22 bits per heavy atom. The van der Waals surface area contributed by atoms with E-state index in [0.717, 1.165) is 19.3 Å². The van der Waals surface area contributed by atoms with Crippen LogP contribution in [0.1, 0.15) is 44.3 Å². The number of benzene rings is 1. The maximum absolute atomic E-state index is 12.2. The molecule has 0 spiro atoms. The summed E-state index contributed by atoms with van der Waals surface area (Å²) in [5, 5.41) is 12.8. The molecule has 3 rings (SSSR count). The predicted octanol–water partition coefficient (Wildman–Crippen LogP) is 2.45. The molecule has 2 aromatic rings. The summed E-state index contributed by atoms with van der Waals surface area (Å²) in [6.45, 7) is 0. The van der Waals surface area contributed by atoms with Gasteiger partial charge in [0.05, 0.1) is 16.7 Å². The molecule has 8 heteroatoms. The lowest BCUT2D eigenvalue weighted by Crippen LogP contribution is -2.55. The van der Waals surface area contributed by atoms with Gasteiger partial charge in [0.2, 0.25) is 5.91 Å². The lowest BCUT2D eigenvalue weighted by Gasteiger charge is -2.34. The highest BCUT2D eigenvalue weighted by atomic mass is 32.2. The number of nitrogens with one attached hydrogen (secondary N) is 2. The van der Waals surface area contributed by atoms with Gasteiger partial charge in [0.1, 0.15) is 11.4 Å². The van der Waals surface area contributed by atoms with Crippen molar-refractivity contribution in [3.05, 3.63) is 40.4 Å². The summed E-state index contributed by atoms with van der Waals surface area (Å²) in [6, 6.07) is 7.15. The molecule has 0 radical (unpaired) electrons. The van der Waals surface area contributed by atoms with Crippen molar-refractivity contribution in [3.8, 4) is 0 Å². The third-order valence-corrected chi connectivity index (χ3v) is 5.84. The Kier molecular flexibility index (Phi) is 6.15. The Morgan fingerprint density at radius 3 is 2.70 bits per heavy atom. The summed E-state index contributed by atoms with van der Waals surface area (Å²) < 4.78 is 0. The van der Waals surface area contributed by atoms with E-state index in [0.29, 0.717) is 41.1 Å². The van der Waals surface area contributed by atoms with Crippen molar-refractivity contribution in [2.24, 2.45) is 0 Å². The van der Waals surface area contributed by atoms with Crippen molar-refractivity contribution in [1.82, 2.24) is 15.3 Å². The lowest BCUT2D eigenvalue weighted by molar-refractivity contribution is -0.149. The molecule has 1 saturated carbocycles. The van der Waals surface area contributed by atoms with Crippen molar-refractivity contribution < 1.29 is 14.7 Å². The first-order valence-corrected chi connectivity index (χ1v) is 10.3. The summed E-state index contributed by atoms with van der Waals surface area (Å²) in [5.74, 6) is 0.390. The lowest BCUT2D eigenvalue weighted by atomic mass is 9.81. The van der Waals surface area contributed by atoms with Gasteiger partial charge in [0.15, 0.2) is 0 Å². The molecule has 0 saturated heterocycles. The van der Waals surface area contributed by atoms with Gasteiger partial charge in [-0.05, 0) is 25.0 Å². The number of hydrogen-bond acceptors (Lipinski definition) is 5. The zero-order valence-corrected chi connectivity index (χ0v) is 15.8. The van der Waals surface area contributed by atoms with Crippen molar-refractivity contribution in [1.29, 1.82) is 0 Å². The number of aromatic nitrogens is 2. The molecular weight excluding hydrogens is 366 g/mol. The van der Waals surface area contributed by atoms with E-state index in [1.165, 1.54) is 11.8 Å². The van der Waals surface area contributed by atoms with Crippen molar-refractivity contribution in [2.75, 3.05) is 5.75 Å². The van der Waals surface area contributed by atoms with E-state index in [9.17, 15) is 19.5 Å². The average Bonchev–Trinajstić information content (AvgIpc) is 2.66. The fraction of sp³-hybridized carbons (Fsp3) is 0.474. The normalized spacial score (nSPS) is 16.1. The van der Waals surface area contributed by atoms with Gasteiger partial charge < -0.3 is 15.4 Å². The second-order valence-corrected chi connectivity index (χ2v) is 7.93. The average molecular weight is 389 g/mol. The third-order valence-electron chi connectivity index (χ3n) is 4.87. The first kappa shape index (κ1) is 19.4. The van der Waals surface area contributed by atoms with Crippen LogP contribution in [0.4, 0.5) is 0 Å². The van der Waals surface area contributed by atoms with E-state index < -0.39 is 11.5 Å². The molecule has 1 aliphatic rings. The monoisotopic (exact) mass is 389 g/mol. The molecule has 144 valence electrons. The Bertz CT molecular complexity index is 890. The number of carbonyl (C=O) groups is 2. The van der Waals surface area contributed by atoms with Crippen molar-refractivity contribution >= 4 is 34.5 Å². The summed E-state index contributed by atoms with van der Waals surface area (Å²) >= 11 is 1.48. The SMILES string of the molecule is O=C(CCSCc1nc2ccccc2c(=O)[nH]1)NC1(C(=O)O)CCCCC1. The van der Waals surface area contributed by atoms with Gasteiger partial charge in [-0.25, -0.2) is 9.78 Å². The van der Waals surface area contributed by atoms with Gasteiger partial charge >= 0.3 is 5.97 Å². The largest absolute Gasteiger partial charge is 0.480 e. The molecule has 7 nitrogen and oxygen atoms in total. The van der Waals surface area contributed by atoms with E-state index in [1.807, 2.05) is 6.07 Å². The molecule has 1 fully saturated rings. The van der Waals surface area contributed by atoms with Crippen molar-refractivity contribution in [2.45, 2.75) is 49.8 Å². The van der Waals surface area contributed by atoms with Crippen LogP contribution in [0.2, 0.25) is 0 Å². The first-order chi connectivity index (χ1) is 13.0. The molecule has 0 bridgehead atoms. The topological polar surface area (TPSA) is 112 Å². The fourth-order valence-corrected chi connectivity index (χ4v) is 4.22. The molecule has 1 amide bonds. The minimum absolute atomic E-state index is 0.172. The van der Waals surface area contributed by atoms with E-state index in [1.54, 1.807) is 18.2 Å². The van der Waals surface area contributed by atoms with Crippen LogP contribution in [0.3, 0.4) is 0 Å². The highest BCUT2D eigenvalue weighted by Gasteiger charge is 2.40. The van der Waals surface area contributed by atoms with Crippen molar-refractivity contribution in [3.63, 3.8) is 0 Å².